The molecule has 4 rings (SSSR count). The molecule has 1 aromatic heterocycles. The van der Waals surface area contributed by atoms with Gasteiger partial charge in [-0.25, -0.2) is 9.59 Å². The van der Waals surface area contributed by atoms with E-state index in [2.05, 4.69) is 10.2 Å². The van der Waals surface area contributed by atoms with E-state index < -0.39 is 24.0 Å². The number of allylic oxidation sites excluding steroid dienone is 1. The second-order valence-corrected chi connectivity index (χ2v) is 9.37. The summed E-state index contributed by atoms with van der Waals surface area (Å²) in [6.07, 6.45) is -0.785. The second-order valence-electron chi connectivity index (χ2n) is 8.97. The lowest BCUT2D eigenvalue weighted by Crippen LogP contribution is -2.36. The van der Waals surface area contributed by atoms with Crippen molar-refractivity contribution in [1.82, 2.24) is 10.2 Å². The third kappa shape index (κ3) is 5.81. The summed E-state index contributed by atoms with van der Waals surface area (Å²) in [5.74, 6) is -0.765. The number of morpholine rings is 1. The van der Waals surface area contributed by atoms with Gasteiger partial charge in [0.2, 0.25) is 0 Å². The molecule has 2 aliphatic rings. The van der Waals surface area contributed by atoms with Gasteiger partial charge < -0.3 is 28.7 Å². The number of carbonyl (C=O) groups is 2. The number of ether oxygens (including phenoxy) is 4. The van der Waals surface area contributed by atoms with E-state index in [9.17, 15) is 9.59 Å². The van der Waals surface area contributed by atoms with Crippen molar-refractivity contribution in [3.8, 4) is 0 Å². The molecule has 10 heteroatoms. The van der Waals surface area contributed by atoms with Crippen molar-refractivity contribution < 1.29 is 33.0 Å². The Morgan fingerprint density at radius 3 is 2.50 bits per heavy atom. The number of rotatable bonds is 9. The highest BCUT2D eigenvalue weighted by Gasteiger charge is 2.42. The summed E-state index contributed by atoms with van der Waals surface area (Å²) in [6.45, 7) is 7.26. The van der Waals surface area contributed by atoms with Gasteiger partial charge >= 0.3 is 11.9 Å². The number of dihydropyridines is 1. The van der Waals surface area contributed by atoms with Gasteiger partial charge in [0, 0.05) is 30.9 Å². The normalized spacial score (nSPS) is 19.2. The average Bonchev–Trinajstić information content (AvgIpc) is 3.37. The van der Waals surface area contributed by atoms with Crippen LogP contribution in [-0.2, 0) is 35.1 Å². The molecule has 1 saturated heterocycles. The van der Waals surface area contributed by atoms with E-state index in [1.54, 1.807) is 38.1 Å². The monoisotopic (exact) mass is 544 g/mol. The summed E-state index contributed by atoms with van der Waals surface area (Å²) in [4.78, 5) is 28.8. The molecule has 0 aliphatic carbocycles. The quantitative estimate of drug-likeness (QED) is 0.467. The average molecular weight is 545 g/mol. The van der Waals surface area contributed by atoms with Gasteiger partial charge in [-0.05, 0) is 37.6 Å². The van der Waals surface area contributed by atoms with E-state index in [0.29, 0.717) is 47.5 Å². The lowest BCUT2D eigenvalue weighted by molar-refractivity contribution is -0.139. The number of esters is 2. The summed E-state index contributed by atoms with van der Waals surface area (Å²) in [7, 11) is 2.83. The molecule has 9 nitrogen and oxygen atoms in total. The maximum atomic E-state index is 13.5. The maximum absolute atomic E-state index is 13.5. The highest BCUT2D eigenvalue weighted by Crippen LogP contribution is 2.45. The molecule has 2 aromatic rings. The standard InChI is InChI=1S/C28H33ClN2O7/c1-5-37-28(33)24-23(19-8-6-7-9-20(19)29)22(27(32)35-4)17(2)30-25(24)26(34-3)21-11-10-18(38-21)16-31-12-14-36-15-13-31/h6-11,23,26,30H,5,12-16H2,1-4H3. The third-order valence-corrected chi connectivity index (χ3v) is 6.98. The molecular formula is C28H33ClN2O7. The first-order valence-electron chi connectivity index (χ1n) is 12.5. The Hall–Kier alpha value is -3.11. The van der Waals surface area contributed by atoms with Crippen molar-refractivity contribution in [1.29, 1.82) is 0 Å². The summed E-state index contributed by atoms with van der Waals surface area (Å²) in [6, 6.07) is 10.8. The van der Waals surface area contributed by atoms with E-state index in [1.165, 1.54) is 14.2 Å². The van der Waals surface area contributed by atoms with Crippen LogP contribution in [0.15, 0.2) is 63.4 Å². The number of hydrogen-bond donors (Lipinski definition) is 1. The summed E-state index contributed by atoms with van der Waals surface area (Å²) >= 11 is 6.61. The maximum Gasteiger partial charge on any atom is 0.336 e. The fourth-order valence-corrected chi connectivity index (χ4v) is 5.12. The van der Waals surface area contributed by atoms with Crippen LogP contribution in [0.25, 0.3) is 0 Å². The number of nitrogens with zero attached hydrogens (tertiary/aromatic N) is 1. The molecular weight excluding hydrogens is 512 g/mol. The Kier molecular flexibility index (Phi) is 9.27. The number of methoxy groups -OCH3 is 2. The Morgan fingerprint density at radius 1 is 1.11 bits per heavy atom. The fraction of sp³-hybridized carbons (Fsp3) is 0.429. The topological polar surface area (TPSA) is 99.5 Å². The molecule has 1 fully saturated rings. The van der Waals surface area contributed by atoms with Gasteiger partial charge in [-0.2, -0.15) is 0 Å². The van der Waals surface area contributed by atoms with Crippen LogP contribution in [0.2, 0.25) is 5.02 Å². The molecule has 0 radical (unpaired) electrons. The van der Waals surface area contributed by atoms with Gasteiger partial charge in [-0.15, -0.1) is 0 Å². The zero-order valence-corrected chi connectivity index (χ0v) is 22.8. The van der Waals surface area contributed by atoms with Crippen LogP contribution in [0.4, 0.5) is 0 Å². The SMILES string of the molecule is CCOC(=O)C1=C(C(OC)c2ccc(CN3CCOCC3)o2)NC(C)=C(C(=O)OC)C1c1ccccc1Cl. The van der Waals surface area contributed by atoms with Crippen LogP contribution in [0.1, 0.15) is 43.0 Å². The van der Waals surface area contributed by atoms with Crippen molar-refractivity contribution in [3.63, 3.8) is 0 Å². The van der Waals surface area contributed by atoms with Crippen molar-refractivity contribution in [3.05, 3.63) is 81.0 Å². The molecule has 0 spiro atoms. The zero-order valence-electron chi connectivity index (χ0n) is 22.0. The first-order valence-corrected chi connectivity index (χ1v) is 12.9. The van der Waals surface area contributed by atoms with Gasteiger partial charge in [-0.3, -0.25) is 4.90 Å². The molecule has 2 unspecified atom stereocenters. The molecule has 38 heavy (non-hydrogen) atoms. The van der Waals surface area contributed by atoms with Gasteiger partial charge in [0.05, 0.1) is 56.2 Å². The van der Waals surface area contributed by atoms with E-state index >= 15 is 0 Å². The minimum atomic E-state index is -0.855. The number of hydrogen-bond acceptors (Lipinski definition) is 9. The molecule has 204 valence electrons. The van der Waals surface area contributed by atoms with Crippen molar-refractivity contribution in [2.75, 3.05) is 47.1 Å². The highest BCUT2D eigenvalue weighted by molar-refractivity contribution is 6.31. The van der Waals surface area contributed by atoms with Gasteiger partial charge in [0.1, 0.15) is 11.5 Å². The molecule has 2 aliphatic heterocycles. The van der Waals surface area contributed by atoms with Gasteiger partial charge in [0.15, 0.2) is 6.10 Å². The molecule has 0 amide bonds. The largest absolute Gasteiger partial charge is 0.466 e. The Balaban J connectivity index is 1.82. The number of benzene rings is 1. The number of carbonyl (C=O) groups excluding carboxylic acids is 2. The molecule has 0 bridgehead atoms. The Bertz CT molecular complexity index is 1230. The fourth-order valence-electron chi connectivity index (χ4n) is 4.87. The van der Waals surface area contributed by atoms with Crippen LogP contribution in [0.3, 0.4) is 0 Å². The van der Waals surface area contributed by atoms with Gasteiger partial charge in [-0.1, -0.05) is 29.8 Å². The molecule has 1 aromatic carbocycles. The summed E-state index contributed by atoms with van der Waals surface area (Å²) in [5, 5.41) is 3.63. The Morgan fingerprint density at radius 2 is 1.84 bits per heavy atom. The lowest BCUT2D eigenvalue weighted by Gasteiger charge is -2.33. The van der Waals surface area contributed by atoms with E-state index in [1.807, 2.05) is 12.1 Å². The minimum Gasteiger partial charge on any atom is -0.466 e. The van der Waals surface area contributed by atoms with Crippen LogP contribution in [0.5, 0.6) is 0 Å². The van der Waals surface area contributed by atoms with Crippen molar-refractivity contribution in [2.45, 2.75) is 32.4 Å². The third-order valence-electron chi connectivity index (χ3n) is 6.63. The first kappa shape index (κ1) is 27.9. The molecule has 2 atom stereocenters. The lowest BCUT2D eigenvalue weighted by atomic mass is 9.79. The molecule has 3 heterocycles. The number of furan rings is 1. The van der Waals surface area contributed by atoms with Crippen molar-refractivity contribution >= 4 is 23.5 Å². The smallest absolute Gasteiger partial charge is 0.336 e. The minimum absolute atomic E-state index is 0.142. The second kappa shape index (κ2) is 12.6. The molecule has 1 N–H and O–H groups in total. The zero-order chi connectivity index (χ0) is 27.2. The Labute approximate surface area is 227 Å². The summed E-state index contributed by atoms with van der Waals surface area (Å²) in [5.41, 5.74) is 1.94. The number of halogens is 1. The summed E-state index contributed by atoms with van der Waals surface area (Å²) < 4.78 is 28.1. The highest BCUT2D eigenvalue weighted by atomic mass is 35.5. The van der Waals surface area contributed by atoms with E-state index in [-0.39, 0.29) is 17.8 Å². The number of nitrogens with one attached hydrogen (secondary N) is 1. The first-order chi connectivity index (χ1) is 18.4. The van der Waals surface area contributed by atoms with Crippen LogP contribution >= 0.6 is 11.6 Å². The van der Waals surface area contributed by atoms with Crippen LogP contribution < -0.4 is 5.32 Å². The molecule has 0 saturated carbocycles. The van der Waals surface area contributed by atoms with E-state index in [4.69, 9.17) is 35.0 Å². The van der Waals surface area contributed by atoms with Gasteiger partial charge in [0.25, 0.3) is 0 Å². The van der Waals surface area contributed by atoms with Crippen molar-refractivity contribution in [2.24, 2.45) is 0 Å². The van der Waals surface area contributed by atoms with Crippen LogP contribution in [-0.4, -0.2) is 64.0 Å². The predicted molar refractivity (Wildman–Crippen MR) is 140 cm³/mol. The van der Waals surface area contributed by atoms with E-state index in [0.717, 1.165) is 18.8 Å². The van der Waals surface area contributed by atoms with Crippen LogP contribution in [0, 0.1) is 0 Å². The predicted octanol–water partition coefficient (Wildman–Crippen LogP) is 4.10.